The third-order valence-electron chi connectivity index (χ3n) is 2.20. The normalized spacial score (nSPS) is 22.9. The molecule has 1 fully saturated rings. The molecule has 0 spiro atoms. The molecule has 6 heteroatoms. The highest BCUT2D eigenvalue weighted by atomic mass is 16.6. The van der Waals surface area contributed by atoms with Gasteiger partial charge in [0.1, 0.15) is 6.10 Å². The van der Waals surface area contributed by atoms with E-state index in [9.17, 15) is 9.59 Å². The van der Waals surface area contributed by atoms with Crippen LogP contribution in [0.3, 0.4) is 0 Å². The summed E-state index contributed by atoms with van der Waals surface area (Å²) < 4.78 is 4.62. The standard InChI is InChI=1S/C8H14N2O4/c9-8(13)14-6(4-11)3-5-1-2-10-7(5)12/h5-6,11H,1-4H2,(H2,9,13)(H,10,12). The Morgan fingerprint density at radius 3 is 2.93 bits per heavy atom. The highest BCUT2D eigenvalue weighted by molar-refractivity contribution is 5.80. The van der Waals surface area contributed by atoms with E-state index in [2.05, 4.69) is 10.1 Å². The van der Waals surface area contributed by atoms with Gasteiger partial charge in [0.2, 0.25) is 5.91 Å². The van der Waals surface area contributed by atoms with Crippen LogP contribution >= 0.6 is 0 Å². The number of nitrogens with one attached hydrogen (secondary N) is 1. The Hall–Kier alpha value is -1.30. The smallest absolute Gasteiger partial charge is 0.404 e. The lowest BCUT2D eigenvalue weighted by Crippen LogP contribution is -2.30. The molecular weight excluding hydrogens is 188 g/mol. The lowest BCUT2D eigenvalue weighted by Gasteiger charge is -2.16. The summed E-state index contributed by atoms with van der Waals surface area (Å²) in [6.45, 7) is 0.324. The average Bonchev–Trinajstić information content (AvgIpc) is 2.50. The van der Waals surface area contributed by atoms with Gasteiger partial charge in [0.15, 0.2) is 0 Å². The maximum Gasteiger partial charge on any atom is 0.404 e. The van der Waals surface area contributed by atoms with Crippen molar-refractivity contribution in [3.8, 4) is 0 Å². The zero-order valence-electron chi connectivity index (χ0n) is 7.73. The maximum atomic E-state index is 11.1. The zero-order valence-corrected chi connectivity index (χ0v) is 7.73. The van der Waals surface area contributed by atoms with E-state index >= 15 is 0 Å². The van der Waals surface area contributed by atoms with Gasteiger partial charge in [0, 0.05) is 12.5 Å². The minimum absolute atomic E-state index is 0.0588. The van der Waals surface area contributed by atoms with Gasteiger partial charge in [-0.05, 0) is 12.8 Å². The van der Waals surface area contributed by atoms with Crippen molar-refractivity contribution >= 4 is 12.0 Å². The Balaban J connectivity index is 2.39. The maximum absolute atomic E-state index is 11.1. The molecule has 1 aliphatic rings. The Kier molecular flexibility index (Phi) is 3.70. The summed E-state index contributed by atoms with van der Waals surface area (Å²) in [4.78, 5) is 21.6. The van der Waals surface area contributed by atoms with Crippen LogP contribution < -0.4 is 11.1 Å². The van der Waals surface area contributed by atoms with Crippen molar-refractivity contribution in [1.29, 1.82) is 0 Å². The van der Waals surface area contributed by atoms with Crippen LogP contribution in [0, 0.1) is 5.92 Å². The Bertz CT molecular complexity index is 231. The van der Waals surface area contributed by atoms with Gasteiger partial charge in [-0.3, -0.25) is 4.79 Å². The predicted molar refractivity (Wildman–Crippen MR) is 47.3 cm³/mol. The van der Waals surface area contributed by atoms with Crippen molar-refractivity contribution in [1.82, 2.24) is 5.32 Å². The van der Waals surface area contributed by atoms with Gasteiger partial charge >= 0.3 is 6.09 Å². The fraction of sp³-hybridized carbons (Fsp3) is 0.750. The Morgan fingerprint density at radius 2 is 2.50 bits per heavy atom. The minimum Gasteiger partial charge on any atom is -0.444 e. The molecule has 0 radical (unpaired) electrons. The first kappa shape index (κ1) is 10.8. The van der Waals surface area contributed by atoms with Gasteiger partial charge in [0.25, 0.3) is 0 Å². The Morgan fingerprint density at radius 1 is 1.79 bits per heavy atom. The summed E-state index contributed by atoms with van der Waals surface area (Å²) in [6.07, 6.45) is -0.577. The molecule has 4 N–H and O–H groups in total. The summed E-state index contributed by atoms with van der Waals surface area (Å²) in [5, 5.41) is 11.5. The van der Waals surface area contributed by atoms with Crippen molar-refractivity contribution in [2.75, 3.05) is 13.2 Å². The van der Waals surface area contributed by atoms with E-state index in [-0.39, 0.29) is 18.4 Å². The molecule has 1 heterocycles. The van der Waals surface area contributed by atoms with Crippen LogP contribution in [0.25, 0.3) is 0 Å². The lowest BCUT2D eigenvalue weighted by molar-refractivity contribution is -0.123. The number of carbonyl (C=O) groups excluding carboxylic acids is 2. The molecule has 2 unspecified atom stereocenters. The van der Waals surface area contributed by atoms with Crippen LogP contribution in [-0.2, 0) is 9.53 Å². The molecule has 6 nitrogen and oxygen atoms in total. The van der Waals surface area contributed by atoms with Gasteiger partial charge in [-0.1, -0.05) is 0 Å². The highest BCUT2D eigenvalue weighted by Gasteiger charge is 2.28. The summed E-state index contributed by atoms with van der Waals surface area (Å²) in [5.41, 5.74) is 4.81. The summed E-state index contributed by atoms with van der Waals surface area (Å²) in [7, 11) is 0. The van der Waals surface area contributed by atoms with E-state index in [1.54, 1.807) is 0 Å². The number of nitrogens with two attached hydrogens (primary N) is 1. The van der Waals surface area contributed by atoms with Crippen molar-refractivity contribution in [2.45, 2.75) is 18.9 Å². The third kappa shape index (κ3) is 2.88. The molecule has 0 aromatic carbocycles. The molecule has 14 heavy (non-hydrogen) atoms. The monoisotopic (exact) mass is 202 g/mol. The second kappa shape index (κ2) is 4.80. The van der Waals surface area contributed by atoms with E-state index in [1.807, 2.05) is 0 Å². The van der Waals surface area contributed by atoms with Crippen LogP contribution in [0.1, 0.15) is 12.8 Å². The molecule has 80 valence electrons. The molecule has 2 amide bonds. The largest absolute Gasteiger partial charge is 0.444 e. The zero-order chi connectivity index (χ0) is 10.6. The lowest BCUT2D eigenvalue weighted by atomic mass is 10.0. The first-order valence-electron chi connectivity index (χ1n) is 4.48. The van der Waals surface area contributed by atoms with E-state index in [0.717, 1.165) is 0 Å². The first-order chi connectivity index (χ1) is 6.63. The number of aliphatic hydroxyl groups excluding tert-OH is 1. The summed E-state index contributed by atoms with van der Waals surface area (Å²) in [6, 6.07) is 0. The number of rotatable bonds is 4. The predicted octanol–water partition coefficient (Wildman–Crippen LogP) is -1.03. The molecule has 0 saturated carbocycles. The van der Waals surface area contributed by atoms with Crippen LogP contribution in [0.5, 0.6) is 0 Å². The molecular formula is C8H14N2O4. The number of aliphatic hydroxyl groups is 1. The molecule has 0 aromatic heterocycles. The quantitative estimate of drug-likeness (QED) is 0.542. The van der Waals surface area contributed by atoms with E-state index in [4.69, 9.17) is 10.8 Å². The van der Waals surface area contributed by atoms with Gasteiger partial charge in [-0.15, -0.1) is 0 Å². The van der Waals surface area contributed by atoms with Crippen LogP contribution in [0.15, 0.2) is 0 Å². The fourth-order valence-corrected chi connectivity index (χ4v) is 1.51. The first-order valence-corrected chi connectivity index (χ1v) is 4.48. The van der Waals surface area contributed by atoms with Gasteiger partial charge < -0.3 is 20.9 Å². The van der Waals surface area contributed by atoms with Crippen LogP contribution in [-0.4, -0.2) is 36.4 Å². The van der Waals surface area contributed by atoms with Crippen molar-refractivity contribution < 1.29 is 19.4 Å². The van der Waals surface area contributed by atoms with E-state index in [1.165, 1.54) is 0 Å². The second-order valence-corrected chi connectivity index (χ2v) is 3.25. The van der Waals surface area contributed by atoms with Crippen molar-refractivity contribution in [2.24, 2.45) is 11.7 Å². The number of hydrogen-bond acceptors (Lipinski definition) is 4. The number of ether oxygens (including phenoxy) is 1. The average molecular weight is 202 g/mol. The summed E-state index contributed by atoms with van der Waals surface area (Å²) >= 11 is 0. The third-order valence-corrected chi connectivity index (χ3v) is 2.20. The van der Waals surface area contributed by atoms with Gasteiger partial charge in [-0.25, -0.2) is 4.79 Å². The fourth-order valence-electron chi connectivity index (χ4n) is 1.51. The van der Waals surface area contributed by atoms with Crippen LogP contribution in [0.4, 0.5) is 4.79 Å². The highest BCUT2D eigenvalue weighted by Crippen LogP contribution is 2.17. The van der Waals surface area contributed by atoms with Gasteiger partial charge in [-0.2, -0.15) is 0 Å². The number of carbonyl (C=O) groups is 2. The molecule has 1 aliphatic heterocycles. The second-order valence-electron chi connectivity index (χ2n) is 3.25. The Labute approximate surface area is 81.4 Å². The molecule has 1 rings (SSSR count). The molecule has 0 aromatic rings. The minimum atomic E-state index is -0.928. The topological polar surface area (TPSA) is 102 Å². The van der Waals surface area contributed by atoms with E-state index < -0.39 is 12.2 Å². The number of amides is 2. The summed E-state index contributed by atoms with van der Waals surface area (Å²) in [5.74, 6) is -0.247. The number of hydrogen-bond donors (Lipinski definition) is 3. The molecule has 2 atom stereocenters. The number of primary amides is 1. The van der Waals surface area contributed by atoms with Gasteiger partial charge in [0.05, 0.1) is 6.61 Å². The SMILES string of the molecule is NC(=O)OC(CO)CC1CCNC1=O. The molecule has 0 aliphatic carbocycles. The van der Waals surface area contributed by atoms with Crippen LogP contribution in [0.2, 0.25) is 0 Å². The van der Waals surface area contributed by atoms with E-state index in [0.29, 0.717) is 19.4 Å². The van der Waals surface area contributed by atoms with Crippen molar-refractivity contribution in [3.05, 3.63) is 0 Å². The van der Waals surface area contributed by atoms with Crippen molar-refractivity contribution in [3.63, 3.8) is 0 Å². The molecule has 0 bridgehead atoms. The molecule has 1 saturated heterocycles.